The molecule has 0 radical (unpaired) electrons. The third-order valence-corrected chi connectivity index (χ3v) is 2.99. The standard InChI is InChI=1S/C12H16N4O.HI/c1-16-6-7-17-11-3-2-9(8-10(11)16)15-12-13-4-5-14-12;/h2-3,8H,4-7H2,1H3,(H2,13,14,15);1H. The van der Waals surface area contributed by atoms with Gasteiger partial charge in [-0.15, -0.1) is 24.0 Å². The first-order valence-electron chi connectivity index (χ1n) is 5.86. The average molecular weight is 360 g/mol. The molecule has 18 heavy (non-hydrogen) atoms. The second kappa shape index (κ2) is 5.64. The minimum Gasteiger partial charge on any atom is -0.490 e. The van der Waals surface area contributed by atoms with Crippen LogP contribution in [0.25, 0.3) is 0 Å². The van der Waals surface area contributed by atoms with Crippen LogP contribution in [0, 0.1) is 0 Å². The number of nitrogens with one attached hydrogen (secondary N) is 2. The molecule has 2 N–H and O–H groups in total. The quantitative estimate of drug-likeness (QED) is 0.746. The van der Waals surface area contributed by atoms with E-state index in [9.17, 15) is 0 Å². The predicted octanol–water partition coefficient (Wildman–Crippen LogP) is 1.50. The van der Waals surface area contributed by atoms with Gasteiger partial charge in [-0.25, -0.2) is 0 Å². The Kier molecular flexibility index (Phi) is 4.15. The minimum atomic E-state index is 0. The summed E-state index contributed by atoms with van der Waals surface area (Å²) in [4.78, 5) is 6.51. The van der Waals surface area contributed by atoms with Crippen molar-refractivity contribution in [2.45, 2.75) is 0 Å². The van der Waals surface area contributed by atoms with E-state index in [1.165, 1.54) is 0 Å². The van der Waals surface area contributed by atoms with Crippen molar-refractivity contribution in [1.29, 1.82) is 0 Å². The summed E-state index contributed by atoms with van der Waals surface area (Å²) < 4.78 is 5.60. The van der Waals surface area contributed by atoms with E-state index in [-0.39, 0.29) is 24.0 Å². The molecule has 0 fully saturated rings. The number of rotatable bonds is 1. The van der Waals surface area contributed by atoms with Gasteiger partial charge in [-0.1, -0.05) is 0 Å². The zero-order valence-corrected chi connectivity index (χ0v) is 12.6. The van der Waals surface area contributed by atoms with Crippen molar-refractivity contribution in [2.24, 2.45) is 4.99 Å². The fourth-order valence-electron chi connectivity index (χ4n) is 2.05. The van der Waals surface area contributed by atoms with Crippen LogP contribution in [0.15, 0.2) is 23.2 Å². The lowest BCUT2D eigenvalue weighted by Crippen LogP contribution is -2.29. The lowest BCUT2D eigenvalue weighted by atomic mass is 10.2. The highest BCUT2D eigenvalue weighted by Crippen LogP contribution is 2.33. The molecule has 2 aliphatic heterocycles. The van der Waals surface area contributed by atoms with Gasteiger partial charge >= 0.3 is 0 Å². The van der Waals surface area contributed by atoms with Gasteiger partial charge in [0, 0.05) is 19.3 Å². The Balaban J connectivity index is 0.00000120. The van der Waals surface area contributed by atoms with E-state index in [0.29, 0.717) is 0 Å². The molecular weight excluding hydrogens is 343 g/mol. The first-order chi connectivity index (χ1) is 8.33. The van der Waals surface area contributed by atoms with Crippen LogP contribution in [-0.4, -0.2) is 39.2 Å². The molecule has 0 aliphatic carbocycles. The SMILES string of the molecule is CN1CCOc2ccc(NC3=NCCN3)cc21.I. The Morgan fingerprint density at radius 3 is 3.11 bits per heavy atom. The zero-order valence-electron chi connectivity index (χ0n) is 10.3. The van der Waals surface area contributed by atoms with Gasteiger partial charge in [-0.3, -0.25) is 4.99 Å². The van der Waals surface area contributed by atoms with Crippen molar-refractivity contribution >= 4 is 41.3 Å². The number of aliphatic imine (C=N–C) groups is 1. The minimum absolute atomic E-state index is 0. The van der Waals surface area contributed by atoms with Crippen LogP contribution in [-0.2, 0) is 0 Å². The fourth-order valence-corrected chi connectivity index (χ4v) is 2.05. The molecule has 2 heterocycles. The Hall–Kier alpha value is -1.18. The van der Waals surface area contributed by atoms with Gasteiger partial charge in [0.2, 0.25) is 0 Å². The molecule has 5 nitrogen and oxygen atoms in total. The summed E-state index contributed by atoms with van der Waals surface area (Å²) in [6, 6.07) is 6.11. The maximum absolute atomic E-state index is 5.60. The maximum atomic E-state index is 5.60. The number of hydrogen-bond donors (Lipinski definition) is 2. The van der Waals surface area contributed by atoms with Gasteiger partial charge < -0.3 is 20.3 Å². The molecule has 0 amide bonds. The molecule has 1 aromatic carbocycles. The Morgan fingerprint density at radius 1 is 1.44 bits per heavy atom. The third kappa shape index (κ3) is 2.63. The molecule has 1 aromatic rings. The zero-order chi connectivity index (χ0) is 11.7. The lowest BCUT2D eigenvalue weighted by molar-refractivity contribution is 0.311. The number of guanidine groups is 1. The van der Waals surface area contributed by atoms with Crippen molar-refractivity contribution in [3.63, 3.8) is 0 Å². The molecule has 0 saturated carbocycles. The van der Waals surface area contributed by atoms with Gasteiger partial charge in [-0.2, -0.15) is 0 Å². The molecule has 98 valence electrons. The van der Waals surface area contributed by atoms with Gasteiger partial charge in [0.1, 0.15) is 12.4 Å². The van der Waals surface area contributed by atoms with E-state index in [1.807, 2.05) is 12.1 Å². The second-order valence-corrected chi connectivity index (χ2v) is 4.23. The fraction of sp³-hybridized carbons (Fsp3) is 0.417. The summed E-state index contributed by atoms with van der Waals surface area (Å²) in [5.74, 6) is 1.80. The molecule has 0 saturated heterocycles. The topological polar surface area (TPSA) is 48.9 Å². The van der Waals surface area contributed by atoms with Crippen molar-refractivity contribution in [2.75, 3.05) is 43.5 Å². The van der Waals surface area contributed by atoms with Crippen LogP contribution in [0.3, 0.4) is 0 Å². The van der Waals surface area contributed by atoms with Gasteiger partial charge in [-0.05, 0) is 18.2 Å². The average Bonchev–Trinajstić information content (AvgIpc) is 2.83. The Bertz CT molecular complexity index is 463. The molecule has 3 rings (SSSR count). The van der Waals surface area contributed by atoms with Gasteiger partial charge in [0.15, 0.2) is 5.96 Å². The van der Waals surface area contributed by atoms with Crippen LogP contribution in [0.5, 0.6) is 5.75 Å². The Morgan fingerprint density at radius 2 is 2.33 bits per heavy atom. The molecule has 0 aromatic heterocycles. The summed E-state index contributed by atoms with van der Waals surface area (Å²) in [7, 11) is 2.08. The first-order valence-corrected chi connectivity index (χ1v) is 5.86. The summed E-state index contributed by atoms with van der Waals surface area (Å²) in [5.41, 5.74) is 2.16. The number of nitrogens with zero attached hydrogens (tertiary/aromatic N) is 2. The van der Waals surface area contributed by atoms with Crippen molar-refractivity contribution < 1.29 is 4.74 Å². The van der Waals surface area contributed by atoms with Crippen LogP contribution in [0.2, 0.25) is 0 Å². The molecular formula is C12H17IN4O. The monoisotopic (exact) mass is 360 g/mol. The lowest BCUT2D eigenvalue weighted by Gasteiger charge is -2.28. The smallest absolute Gasteiger partial charge is 0.195 e. The summed E-state index contributed by atoms with van der Waals surface area (Å²) in [6.07, 6.45) is 0. The Labute approximate surface area is 124 Å². The number of fused-ring (bicyclic) bond motifs is 1. The number of hydrogen-bond acceptors (Lipinski definition) is 5. The molecule has 0 spiro atoms. The van der Waals surface area contributed by atoms with Crippen molar-refractivity contribution in [3.05, 3.63) is 18.2 Å². The number of anilines is 2. The summed E-state index contributed by atoms with van der Waals surface area (Å²) >= 11 is 0. The summed E-state index contributed by atoms with van der Waals surface area (Å²) in [6.45, 7) is 3.44. The van der Waals surface area contributed by atoms with E-state index in [4.69, 9.17) is 4.74 Å². The van der Waals surface area contributed by atoms with Crippen molar-refractivity contribution in [1.82, 2.24) is 5.32 Å². The highest BCUT2D eigenvalue weighted by molar-refractivity contribution is 14.0. The largest absolute Gasteiger partial charge is 0.490 e. The third-order valence-electron chi connectivity index (χ3n) is 2.99. The van der Waals surface area contributed by atoms with E-state index in [0.717, 1.165) is 49.3 Å². The first kappa shape index (κ1) is 13.3. The predicted molar refractivity (Wildman–Crippen MR) is 84.5 cm³/mol. The number of halogens is 1. The highest BCUT2D eigenvalue weighted by atomic mass is 127. The van der Waals surface area contributed by atoms with E-state index in [2.05, 4.69) is 33.6 Å². The molecule has 0 unspecified atom stereocenters. The molecule has 2 aliphatic rings. The summed E-state index contributed by atoms with van der Waals surface area (Å²) in [5, 5.41) is 6.46. The number of ether oxygens (including phenoxy) is 1. The maximum Gasteiger partial charge on any atom is 0.195 e. The van der Waals surface area contributed by atoms with Gasteiger partial charge in [0.05, 0.1) is 18.8 Å². The van der Waals surface area contributed by atoms with Crippen molar-refractivity contribution in [3.8, 4) is 5.75 Å². The van der Waals surface area contributed by atoms with E-state index in [1.54, 1.807) is 0 Å². The van der Waals surface area contributed by atoms with Crippen LogP contribution < -0.4 is 20.3 Å². The highest BCUT2D eigenvalue weighted by Gasteiger charge is 2.15. The number of benzene rings is 1. The van der Waals surface area contributed by atoms with Crippen LogP contribution >= 0.6 is 24.0 Å². The molecule has 0 atom stereocenters. The number of likely N-dealkylation sites (N-methyl/N-ethyl adjacent to an activating group) is 1. The molecule has 6 heteroatoms. The second-order valence-electron chi connectivity index (χ2n) is 4.23. The van der Waals surface area contributed by atoms with E-state index < -0.39 is 0 Å². The normalized spacial score (nSPS) is 16.9. The van der Waals surface area contributed by atoms with Crippen LogP contribution in [0.4, 0.5) is 11.4 Å². The van der Waals surface area contributed by atoms with Crippen LogP contribution in [0.1, 0.15) is 0 Å². The van der Waals surface area contributed by atoms with Gasteiger partial charge in [0.25, 0.3) is 0 Å². The molecule has 0 bridgehead atoms. The van der Waals surface area contributed by atoms with E-state index >= 15 is 0 Å².